The van der Waals surface area contributed by atoms with Crippen LogP contribution in [0.25, 0.3) is 33.5 Å². The standard InChI is InChI=1S/C18H16ClFN6O2/c1-8(2)23-18(27)28-13-7-22-17-16(13)24-11(6-21-17)15-14-10(20)4-9(19)5-12(14)26(3)25-15/h4-8H,1-3H3,(H,21,22)(H,23,27). The molecule has 0 saturated heterocycles. The van der Waals surface area contributed by atoms with Gasteiger partial charge in [0.15, 0.2) is 16.9 Å². The van der Waals surface area contributed by atoms with Gasteiger partial charge in [-0.3, -0.25) is 4.68 Å². The number of H-pyrrole nitrogens is 1. The van der Waals surface area contributed by atoms with E-state index in [-0.39, 0.29) is 22.2 Å². The van der Waals surface area contributed by atoms with Crippen LogP contribution in [0.15, 0.2) is 24.5 Å². The number of amides is 1. The van der Waals surface area contributed by atoms with Crippen LogP contribution in [0.2, 0.25) is 5.02 Å². The Hall–Kier alpha value is -3.20. The van der Waals surface area contributed by atoms with Gasteiger partial charge in [0, 0.05) is 24.3 Å². The number of aromatic amines is 1. The molecule has 0 aliphatic rings. The average Bonchev–Trinajstić information content (AvgIpc) is 3.15. The molecule has 4 aromatic rings. The quantitative estimate of drug-likeness (QED) is 0.543. The van der Waals surface area contributed by atoms with Crippen molar-refractivity contribution in [1.82, 2.24) is 30.0 Å². The number of nitrogens with zero attached hydrogens (tertiary/aromatic N) is 4. The first-order chi connectivity index (χ1) is 13.3. The number of carbonyl (C=O) groups excluding carboxylic acids is 1. The van der Waals surface area contributed by atoms with Crippen molar-refractivity contribution in [3.05, 3.63) is 35.4 Å². The normalized spacial score (nSPS) is 11.5. The molecule has 0 atom stereocenters. The Morgan fingerprint density at radius 3 is 2.93 bits per heavy atom. The van der Waals surface area contributed by atoms with Crippen molar-refractivity contribution >= 4 is 39.8 Å². The smallest absolute Gasteiger partial charge is 0.406 e. The minimum Gasteiger partial charge on any atom is -0.406 e. The number of carbonyl (C=O) groups is 1. The summed E-state index contributed by atoms with van der Waals surface area (Å²) in [5.41, 5.74) is 1.96. The molecule has 3 aromatic heterocycles. The highest BCUT2D eigenvalue weighted by Gasteiger charge is 2.19. The van der Waals surface area contributed by atoms with Crippen LogP contribution in [0.1, 0.15) is 13.8 Å². The van der Waals surface area contributed by atoms with E-state index in [0.29, 0.717) is 28.1 Å². The van der Waals surface area contributed by atoms with Crippen molar-refractivity contribution < 1.29 is 13.9 Å². The van der Waals surface area contributed by atoms with Gasteiger partial charge in [0.2, 0.25) is 0 Å². The molecular formula is C18H16ClFN6O2. The lowest BCUT2D eigenvalue weighted by atomic mass is 10.1. The molecule has 4 rings (SSSR count). The van der Waals surface area contributed by atoms with E-state index in [1.165, 1.54) is 23.1 Å². The first-order valence-corrected chi connectivity index (χ1v) is 8.86. The van der Waals surface area contributed by atoms with Crippen molar-refractivity contribution in [2.75, 3.05) is 0 Å². The van der Waals surface area contributed by atoms with Gasteiger partial charge in [-0.15, -0.1) is 0 Å². The Morgan fingerprint density at radius 2 is 2.18 bits per heavy atom. The highest BCUT2D eigenvalue weighted by molar-refractivity contribution is 6.31. The van der Waals surface area contributed by atoms with Gasteiger partial charge in [0.05, 0.1) is 17.1 Å². The van der Waals surface area contributed by atoms with Crippen LogP contribution < -0.4 is 10.1 Å². The first-order valence-electron chi connectivity index (χ1n) is 8.48. The molecule has 28 heavy (non-hydrogen) atoms. The highest BCUT2D eigenvalue weighted by atomic mass is 35.5. The second-order valence-corrected chi connectivity index (χ2v) is 6.98. The molecule has 1 aromatic carbocycles. The van der Waals surface area contributed by atoms with Crippen molar-refractivity contribution in [2.24, 2.45) is 7.05 Å². The molecule has 2 N–H and O–H groups in total. The van der Waals surface area contributed by atoms with Gasteiger partial charge in [-0.2, -0.15) is 5.10 Å². The molecular weight excluding hydrogens is 387 g/mol. The maximum Gasteiger partial charge on any atom is 0.412 e. The van der Waals surface area contributed by atoms with Crippen molar-refractivity contribution in [1.29, 1.82) is 0 Å². The molecule has 0 spiro atoms. The largest absolute Gasteiger partial charge is 0.412 e. The third-order valence-electron chi connectivity index (χ3n) is 4.07. The highest BCUT2D eigenvalue weighted by Crippen LogP contribution is 2.32. The molecule has 0 aliphatic heterocycles. The van der Waals surface area contributed by atoms with Gasteiger partial charge >= 0.3 is 6.09 Å². The summed E-state index contributed by atoms with van der Waals surface area (Å²) >= 11 is 5.95. The summed E-state index contributed by atoms with van der Waals surface area (Å²) in [6.45, 7) is 3.64. The van der Waals surface area contributed by atoms with Gasteiger partial charge in [-0.1, -0.05) is 11.6 Å². The Kier molecular flexibility index (Phi) is 4.38. The van der Waals surface area contributed by atoms with E-state index in [0.717, 1.165) is 0 Å². The van der Waals surface area contributed by atoms with Crippen LogP contribution in [0.3, 0.4) is 0 Å². The summed E-state index contributed by atoms with van der Waals surface area (Å²) in [6.07, 6.45) is 2.37. The number of aromatic nitrogens is 5. The molecule has 8 nitrogen and oxygen atoms in total. The third kappa shape index (κ3) is 3.13. The molecule has 0 aliphatic carbocycles. The molecule has 3 heterocycles. The maximum absolute atomic E-state index is 14.6. The van der Waals surface area contributed by atoms with E-state index in [9.17, 15) is 9.18 Å². The number of halogens is 2. The number of aryl methyl sites for hydroxylation is 1. The summed E-state index contributed by atoms with van der Waals surface area (Å²) in [7, 11) is 1.69. The molecule has 0 unspecified atom stereocenters. The predicted molar refractivity (Wildman–Crippen MR) is 103 cm³/mol. The third-order valence-corrected chi connectivity index (χ3v) is 4.29. The Morgan fingerprint density at radius 1 is 1.39 bits per heavy atom. The molecule has 1 amide bonds. The average molecular weight is 403 g/mol. The summed E-state index contributed by atoms with van der Waals surface area (Å²) in [5.74, 6) is -0.291. The number of fused-ring (bicyclic) bond motifs is 2. The lowest BCUT2D eigenvalue weighted by molar-refractivity contribution is 0.198. The Bertz CT molecular complexity index is 1220. The van der Waals surface area contributed by atoms with Crippen LogP contribution in [0.5, 0.6) is 5.75 Å². The van der Waals surface area contributed by atoms with Crippen LogP contribution in [0, 0.1) is 5.82 Å². The molecule has 0 radical (unpaired) electrons. The minimum absolute atomic E-state index is 0.0750. The fourth-order valence-corrected chi connectivity index (χ4v) is 3.11. The number of nitrogens with one attached hydrogen (secondary N) is 2. The number of rotatable bonds is 3. The summed E-state index contributed by atoms with van der Waals surface area (Å²) in [6, 6.07) is 2.78. The summed E-state index contributed by atoms with van der Waals surface area (Å²) in [4.78, 5) is 23.6. The molecule has 144 valence electrons. The van der Waals surface area contributed by atoms with Crippen LogP contribution in [0.4, 0.5) is 9.18 Å². The second kappa shape index (κ2) is 6.75. The number of hydrogen-bond donors (Lipinski definition) is 2. The zero-order chi connectivity index (χ0) is 20.0. The van der Waals surface area contributed by atoms with E-state index >= 15 is 0 Å². The van der Waals surface area contributed by atoms with Crippen LogP contribution in [-0.4, -0.2) is 36.9 Å². The zero-order valence-electron chi connectivity index (χ0n) is 15.2. The fraction of sp³-hybridized carbons (Fsp3) is 0.222. The second-order valence-electron chi connectivity index (χ2n) is 6.55. The first kappa shape index (κ1) is 18.2. The van der Waals surface area contributed by atoms with Gasteiger partial charge in [-0.25, -0.2) is 19.2 Å². The van der Waals surface area contributed by atoms with Gasteiger partial charge in [0.25, 0.3) is 0 Å². The molecule has 0 fully saturated rings. The predicted octanol–water partition coefficient (Wildman–Crippen LogP) is 3.80. The SMILES string of the molecule is CC(C)NC(=O)Oc1c[nH]c2ncc(-c3nn(C)c4cc(Cl)cc(F)c34)nc12. The zero-order valence-corrected chi connectivity index (χ0v) is 16.0. The minimum atomic E-state index is -0.605. The van der Waals surface area contributed by atoms with Crippen molar-refractivity contribution in [2.45, 2.75) is 19.9 Å². The monoisotopic (exact) mass is 402 g/mol. The molecule has 10 heteroatoms. The van der Waals surface area contributed by atoms with E-state index in [1.807, 2.05) is 13.8 Å². The number of benzene rings is 1. The van der Waals surface area contributed by atoms with Crippen molar-refractivity contribution in [3.8, 4) is 17.1 Å². The molecule has 0 saturated carbocycles. The van der Waals surface area contributed by atoms with Crippen LogP contribution in [-0.2, 0) is 7.05 Å². The van der Waals surface area contributed by atoms with E-state index in [1.54, 1.807) is 13.1 Å². The van der Waals surface area contributed by atoms with Gasteiger partial charge in [-0.05, 0) is 26.0 Å². The van der Waals surface area contributed by atoms with E-state index in [2.05, 4.69) is 25.4 Å². The van der Waals surface area contributed by atoms with Gasteiger partial charge in [0.1, 0.15) is 17.2 Å². The molecule has 0 bridgehead atoms. The number of hydrogen-bond acceptors (Lipinski definition) is 5. The summed E-state index contributed by atoms with van der Waals surface area (Å²) in [5, 5.41) is 7.56. The lowest BCUT2D eigenvalue weighted by Crippen LogP contribution is -2.32. The van der Waals surface area contributed by atoms with Crippen molar-refractivity contribution in [3.63, 3.8) is 0 Å². The maximum atomic E-state index is 14.6. The Balaban J connectivity index is 1.82. The van der Waals surface area contributed by atoms with Crippen LogP contribution >= 0.6 is 11.6 Å². The van der Waals surface area contributed by atoms with Gasteiger partial charge < -0.3 is 15.0 Å². The fourth-order valence-electron chi connectivity index (χ4n) is 2.91. The topological polar surface area (TPSA) is 97.7 Å². The van der Waals surface area contributed by atoms with E-state index < -0.39 is 11.9 Å². The summed E-state index contributed by atoms with van der Waals surface area (Å²) < 4.78 is 21.4. The van der Waals surface area contributed by atoms with E-state index in [4.69, 9.17) is 16.3 Å². The number of ether oxygens (including phenoxy) is 1. The Labute approximate surface area is 163 Å². The lowest BCUT2D eigenvalue weighted by Gasteiger charge is -2.07.